The molecule has 0 spiro atoms. The fourth-order valence-corrected chi connectivity index (χ4v) is 5.59. The molecule has 0 aliphatic heterocycles. The van der Waals surface area contributed by atoms with Crippen LogP contribution in [0.1, 0.15) is 34.5 Å². The second-order valence-electron chi connectivity index (χ2n) is 7.81. The lowest BCUT2D eigenvalue weighted by atomic mass is 10.1. The Morgan fingerprint density at radius 1 is 1.16 bits per heavy atom. The Labute approximate surface area is 189 Å². The maximum atomic E-state index is 12.8. The molecule has 2 aromatic carbocycles. The van der Waals surface area contributed by atoms with Crippen molar-refractivity contribution in [3.8, 4) is 10.8 Å². The number of thiazole rings is 1. The smallest absolute Gasteiger partial charge is 0.251 e. The van der Waals surface area contributed by atoms with Crippen LogP contribution in [0.4, 0.5) is 0 Å². The second kappa shape index (κ2) is 8.16. The Hall–Kier alpha value is -3.01. The summed E-state index contributed by atoms with van der Waals surface area (Å²) in [5.74, 6) is 0.874. The molecule has 32 heavy (non-hydrogen) atoms. The summed E-state index contributed by atoms with van der Waals surface area (Å²) in [6.45, 7) is 1.96. The average Bonchev–Trinajstić information content (AvgIpc) is 3.27. The number of aromatic nitrogens is 1. The van der Waals surface area contributed by atoms with Crippen LogP contribution in [0.25, 0.3) is 21.0 Å². The summed E-state index contributed by atoms with van der Waals surface area (Å²) in [6, 6.07) is 16.1. The molecule has 1 amide bonds. The molecular formula is C23H21N3O4S2. The number of hydrogen-bond donors (Lipinski definition) is 2. The summed E-state index contributed by atoms with van der Waals surface area (Å²) >= 11 is 1.54. The lowest BCUT2D eigenvalue weighted by molar-refractivity contribution is 0.0947. The number of hydrogen-bond acceptors (Lipinski definition) is 6. The SMILES string of the molecule is Cc1ccc(S(=O)(=O)NC2CC2)cc1C(=O)NCc1ccc(-c2nc3ccccc3s2)o1. The first-order valence-electron chi connectivity index (χ1n) is 10.2. The molecular weight excluding hydrogens is 446 g/mol. The third-order valence-corrected chi connectivity index (χ3v) is 7.82. The van der Waals surface area contributed by atoms with E-state index in [0.717, 1.165) is 28.1 Å². The largest absolute Gasteiger partial charge is 0.457 e. The Kier molecular flexibility index (Phi) is 5.32. The summed E-state index contributed by atoms with van der Waals surface area (Å²) in [5, 5.41) is 3.59. The van der Waals surface area contributed by atoms with E-state index < -0.39 is 10.0 Å². The minimum absolute atomic E-state index is 0.00200. The van der Waals surface area contributed by atoms with Crippen LogP contribution in [0.3, 0.4) is 0 Å². The zero-order valence-corrected chi connectivity index (χ0v) is 18.9. The van der Waals surface area contributed by atoms with E-state index in [-0.39, 0.29) is 23.4 Å². The standard InChI is InChI=1S/C23H21N3O4S2/c1-14-6-10-17(32(28,29)26-15-7-8-15)12-18(14)22(27)24-13-16-9-11-20(30-16)23-25-19-4-2-3-5-21(19)31-23/h2-6,9-12,15,26H,7-8,13H2,1H3,(H,24,27). The first-order chi connectivity index (χ1) is 15.4. The lowest BCUT2D eigenvalue weighted by Crippen LogP contribution is -2.27. The highest BCUT2D eigenvalue weighted by atomic mass is 32.2. The summed E-state index contributed by atoms with van der Waals surface area (Å²) < 4.78 is 34.6. The molecule has 0 radical (unpaired) electrons. The first kappa shape index (κ1) is 20.9. The van der Waals surface area contributed by atoms with Gasteiger partial charge in [0.05, 0.1) is 21.7 Å². The molecule has 164 valence electrons. The fourth-order valence-electron chi connectivity index (χ4n) is 3.33. The maximum Gasteiger partial charge on any atom is 0.251 e. The van der Waals surface area contributed by atoms with Crippen molar-refractivity contribution in [3.05, 3.63) is 71.5 Å². The molecule has 1 aliphatic rings. The summed E-state index contributed by atoms with van der Waals surface area (Å²) in [6.07, 6.45) is 1.70. The Morgan fingerprint density at radius 3 is 2.75 bits per heavy atom. The molecule has 9 heteroatoms. The van der Waals surface area contributed by atoms with Crippen LogP contribution >= 0.6 is 11.3 Å². The molecule has 2 heterocycles. The minimum atomic E-state index is -3.63. The Morgan fingerprint density at radius 2 is 1.97 bits per heavy atom. The van der Waals surface area contributed by atoms with Crippen LogP contribution < -0.4 is 10.0 Å². The van der Waals surface area contributed by atoms with Crippen LogP contribution in [0, 0.1) is 6.92 Å². The van der Waals surface area contributed by atoms with E-state index in [9.17, 15) is 13.2 Å². The summed E-state index contributed by atoms with van der Waals surface area (Å²) in [7, 11) is -3.63. The number of carbonyl (C=O) groups excluding carboxylic acids is 1. The number of para-hydroxylation sites is 1. The Balaban J connectivity index is 1.29. The van der Waals surface area contributed by atoms with Gasteiger partial charge in [-0.3, -0.25) is 4.79 Å². The third kappa shape index (κ3) is 4.32. The van der Waals surface area contributed by atoms with Gasteiger partial charge in [0.15, 0.2) is 10.8 Å². The second-order valence-corrected chi connectivity index (χ2v) is 10.6. The van der Waals surface area contributed by atoms with Gasteiger partial charge in [0, 0.05) is 11.6 Å². The number of benzene rings is 2. The number of carbonyl (C=O) groups is 1. The van der Waals surface area contributed by atoms with Gasteiger partial charge in [-0.25, -0.2) is 18.1 Å². The zero-order chi connectivity index (χ0) is 22.3. The molecule has 1 aliphatic carbocycles. The predicted molar refractivity (Wildman–Crippen MR) is 123 cm³/mol. The third-order valence-electron chi connectivity index (χ3n) is 5.25. The highest BCUT2D eigenvalue weighted by Gasteiger charge is 2.28. The molecule has 1 fully saturated rings. The lowest BCUT2D eigenvalue weighted by Gasteiger charge is -2.10. The molecule has 7 nitrogen and oxygen atoms in total. The molecule has 2 aromatic heterocycles. The highest BCUT2D eigenvalue weighted by Crippen LogP contribution is 2.31. The number of furan rings is 1. The molecule has 0 atom stereocenters. The van der Waals surface area contributed by atoms with Crippen LogP contribution in [-0.4, -0.2) is 25.4 Å². The van der Waals surface area contributed by atoms with Crippen molar-refractivity contribution in [2.24, 2.45) is 0 Å². The fraction of sp³-hybridized carbons (Fsp3) is 0.217. The zero-order valence-electron chi connectivity index (χ0n) is 17.3. The van der Waals surface area contributed by atoms with E-state index in [1.165, 1.54) is 12.1 Å². The highest BCUT2D eigenvalue weighted by molar-refractivity contribution is 7.89. The molecule has 1 saturated carbocycles. The number of fused-ring (bicyclic) bond motifs is 1. The van der Waals surface area contributed by atoms with Crippen molar-refractivity contribution >= 4 is 37.5 Å². The molecule has 0 bridgehead atoms. The van der Waals surface area contributed by atoms with Crippen molar-refractivity contribution < 1.29 is 17.6 Å². The van der Waals surface area contributed by atoms with Crippen molar-refractivity contribution in [2.75, 3.05) is 0 Å². The van der Waals surface area contributed by atoms with E-state index in [0.29, 0.717) is 22.6 Å². The quantitative estimate of drug-likeness (QED) is 0.423. The van der Waals surface area contributed by atoms with E-state index in [1.54, 1.807) is 30.4 Å². The maximum absolute atomic E-state index is 12.8. The molecule has 0 saturated heterocycles. The van der Waals surface area contributed by atoms with E-state index >= 15 is 0 Å². The Bertz CT molecular complexity index is 1390. The topological polar surface area (TPSA) is 101 Å². The van der Waals surface area contributed by atoms with Gasteiger partial charge in [-0.15, -0.1) is 11.3 Å². The van der Waals surface area contributed by atoms with Gasteiger partial charge in [0.2, 0.25) is 10.0 Å². The predicted octanol–water partition coefficient (Wildman–Crippen LogP) is 4.24. The van der Waals surface area contributed by atoms with Crippen molar-refractivity contribution in [1.29, 1.82) is 0 Å². The number of rotatable bonds is 7. The molecule has 0 unspecified atom stereocenters. The van der Waals surface area contributed by atoms with E-state index in [1.807, 2.05) is 30.3 Å². The van der Waals surface area contributed by atoms with Gasteiger partial charge in [-0.05, 0) is 61.7 Å². The van der Waals surface area contributed by atoms with Gasteiger partial charge < -0.3 is 9.73 Å². The molecule has 5 rings (SSSR count). The summed E-state index contributed by atoms with van der Waals surface area (Å²) in [4.78, 5) is 17.4. The summed E-state index contributed by atoms with van der Waals surface area (Å²) in [5.41, 5.74) is 1.93. The number of nitrogens with zero attached hydrogens (tertiary/aromatic N) is 1. The number of sulfonamides is 1. The molecule has 2 N–H and O–H groups in total. The van der Waals surface area contributed by atoms with Crippen molar-refractivity contribution in [1.82, 2.24) is 15.0 Å². The van der Waals surface area contributed by atoms with Crippen LogP contribution in [-0.2, 0) is 16.6 Å². The van der Waals surface area contributed by atoms with Gasteiger partial charge in [0.25, 0.3) is 5.91 Å². The van der Waals surface area contributed by atoms with Gasteiger partial charge in [0.1, 0.15) is 5.76 Å². The first-order valence-corrected chi connectivity index (χ1v) is 12.5. The van der Waals surface area contributed by atoms with Crippen molar-refractivity contribution in [3.63, 3.8) is 0 Å². The molecule has 4 aromatic rings. The van der Waals surface area contributed by atoms with Crippen LogP contribution in [0.5, 0.6) is 0 Å². The normalized spacial score (nSPS) is 14.0. The monoisotopic (exact) mass is 467 g/mol. The number of aryl methyl sites for hydroxylation is 1. The average molecular weight is 468 g/mol. The minimum Gasteiger partial charge on any atom is -0.457 e. The van der Waals surface area contributed by atoms with Crippen molar-refractivity contribution in [2.45, 2.75) is 37.2 Å². The van der Waals surface area contributed by atoms with Crippen LogP contribution in [0.15, 0.2) is 63.9 Å². The van der Waals surface area contributed by atoms with Gasteiger partial charge in [-0.1, -0.05) is 18.2 Å². The number of nitrogens with one attached hydrogen (secondary N) is 2. The van der Waals surface area contributed by atoms with Gasteiger partial charge in [-0.2, -0.15) is 0 Å². The van der Waals surface area contributed by atoms with Crippen LogP contribution in [0.2, 0.25) is 0 Å². The van der Waals surface area contributed by atoms with Gasteiger partial charge >= 0.3 is 0 Å². The number of amides is 1. The van der Waals surface area contributed by atoms with E-state index in [2.05, 4.69) is 15.0 Å². The van der Waals surface area contributed by atoms with E-state index in [4.69, 9.17) is 4.42 Å².